The third kappa shape index (κ3) is 2.30. The lowest BCUT2D eigenvalue weighted by atomic mass is 10.3. The van der Waals surface area contributed by atoms with Gasteiger partial charge in [0.15, 0.2) is 0 Å². The van der Waals surface area contributed by atoms with E-state index < -0.39 is 0 Å². The molecule has 0 aliphatic rings. The number of hydrogen-bond acceptors (Lipinski definition) is 3. The second kappa shape index (κ2) is 4.47. The Balaban J connectivity index is 2.33. The van der Waals surface area contributed by atoms with Gasteiger partial charge in [-0.15, -0.1) is 11.3 Å². The molecule has 0 atom stereocenters. The minimum absolute atomic E-state index is 0.843. The number of halogens is 1. The zero-order valence-corrected chi connectivity index (χ0v) is 11.0. The molecule has 0 aliphatic heterocycles. The summed E-state index contributed by atoms with van der Waals surface area (Å²) in [5.41, 5.74) is 2.23. The molecule has 2 heterocycles. The summed E-state index contributed by atoms with van der Waals surface area (Å²) in [7, 11) is 3.91. The van der Waals surface area contributed by atoms with Gasteiger partial charge in [0.05, 0.1) is 10.6 Å². The van der Waals surface area contributed by atoms with Crippen molar-refractivity contribution in [2.45, 2.75) is 6.54 Å². The Kier molecular flexibility index (Phi) is 3.23. The Hall–Kier alpha value is -0.650. The molecule has 0 aliphatic carbocycles. The maximum absolute atomic E-state index is 4.48. The highest BCUT2D eigenvalue weighted by Crippen LogP contribution is 2.29. The molecule has 0 spiro atoms. The van der Waals surface area contributed by atoms with Crippen LogP contribution in [0.1, 0.15) is 5.69 Å². The fourth-order valence-corrected chi connectivity index (χ4v) is 2.80. The molecule has 1 N–H and O–H groups in total. The van der Waals surface area contributed by atoms with E-state index in [9.17, 15) is 0 Å². The number of aromatic nitrogens is 2. The van der Waals surface area contributed by atoms with Gasteiger partial charge >= 0.3 is 0 Å². The van der Waals surface area contributed by atoms with Gasteiger partial charge in [-0.25, -0.2) is 0 Å². The molecule has 0 saturated heterocycles. The van der Waals surface area contributed by atoms with Crippen LogP contribution in [0.3, 0.4) is 0 Å². The summed E-state index contributed by atoms with van der Waals surface area (Å²) in [6, 6.07) is 4.21. The number of nitrogens with one attached hydrogen (secondary N) is 1. The summed E-state index contributed by atoms with van der Waals surface area (Å²) in [5.74, 6) is 0. The second-order valence-electron chi connectivity index (χ2n) is 3.30. The van der Waals surface area contributed by atoms with Crippen LogP contribution >= 0.6 is 27.3 Å². The fraction of sp³-hybridized carbons (Fsp3) is 0.300. The Morgan fingerprint density at radius 2 is 2.33 bits per heavy atom. The first-order valence-electron chi connectivity index (χ1n) is 4.62. The zero-order valence-electron chi connectivity index (χ0n) is 8.62. The average Bonchev–Trinajstić information content (AvgIpc) is 2.75. The van der Waals surface area contributed by atoms with Crippen molar-refractivity contribution in [2.24, 2.45) is 7.05 Å². The Morgan fingerprint density at radius 3 is 2.93 bits per heavy atom. The van der Waals surface area contributed by atoms with Crippen LogP contribution in [-0.2, 0) is 13.6 Å². The number of hydrogen-bond donors (Lipinski definition) is 1. The lowest BCUT2D eigenvalue weighted by Gasteiger charge is -1.97. The van der Waals surface area contributed by atoms with Crippen molar-refractivity contribution < 1.29 is 0 Å². The van der Waals surface area contributed by atoms with Crippen LogP contribution in [0.15, 0.2) is 22.0 Å². The van der Waals surface area contributed by atoms with E-state index >= 15 is 0 Å². The lowest BCUT2D eigenvalue weighted by Crippen LogP contribution is -2.09. The first-order chi connectivity index (χ1) is 7.20. The van der Waals surface area contributed by atoms with E-state index in [0.29, 0.717) is 0 Å². The van der Waals surface area contributed by atoms with E-state index in [4.69, 9.17) is 0 Å². The molecule has 0 radical (unpaired) electrons. The first kappa shape index (κ1) is 10.9. The summed E-state index contributed by atoms with van der Waals surface area (Å²) < 4.78 is 3.03. The van der Waals surface area contributed by atoms with Crippen molar-refractivity contribution in [1.29, 1.82) is 0 Å². The van der Waals surface area contributed by atoms with Crippen LogP contribution in [0, 0.1) is 0 Å². The van der Waals surface area contributed by atoms with Gasteiger partial charge in [-0.3, -0.25) is 4.68 Å². The van der Waals surface area contributed by atoms with Gasteiger partial charge in [-0.1, -0.05) is 0 Å². The zero-order chi connectivity index (χ0) is 10.8. The number of thiophene rings is 1. The number of rotatable bonds is 3. The van der Waals surface area contributed by atoms with Gasteiger partial charge in [-0.2, -0.15) is 5.10 Å². The van der Waals surface area contributed by atoms with Crippen LogP contribution in [0.4, 0.5) is 0 Å². The third-order valence-corrected chi connectivity index (χ3v) is 3.87. The summed E-state index contributed by atoms with van der Waals surface area (Å²) in [5, 5.41) is 9.68. The SMILES string of the molecule is CNCc1cc(-c2cc(Br)cs2)nn1C. The molecule has 2 rings (SSSR count). The smallest absolute Gasteiger partial charge is 0.103 e. The molecule has 0 saturated carbocycles. The van der Waals surface area contributed by atoms with Crippen LogP contribution in [0.2, 0.25) is 0 Å². The van der Waals surface area contributed by atoms with Crippen LogP contribution in [0.25, 0.3) is 10.6 Å². The molecule has 2 aromatic rings. The van der Waals surface area contributed by atoms with E-state index in [0.717, 1.165) is 16.7 Å². The third-order valence-electron chi connectivity index (χ3n) is 2.15. The predicted molar refractivity (Wildman–Crippen MR) is 67.0 cm³/mol. The van der Waals surface area contributed by atoms with Crippen molar-refractivity contribution in [3.8, 4) is 10.6 Å². The summed E-state index contributed by atoms with van der Waals surface area (Å²) >= 11 is 5.15. The van der Waals surface area contributed by atoms with E-state index in [1.54, 1.807) is 11.3 Å². The first-order valence-corrected chi connectivity index (χ1v) is 6.30. The van der Waals surface area contributed by atoms with Crippen LogP contribution in [-0.4, -0.2) is 16.8 Å². The van der Waals surface area contributed by atoms with Gasteiger partial charge in [0.1, 0.15) is 5.69 Å². The lowest BCUT2D eigenvalue weighted by molar-refractivity contribution is 0.673. The maximum atomic E-state index is 4.48. The average molecular weight is 286 g/mol. The molecular formula is C10H12BrN3S. The molecule has 2 aromatic heterocycles. The molecule has 15 heavy (non-hydrogen) atoms. The molecule has 0 unspecified atom stereocenters. The summed E-state index contributed by atoms with van der Waals surface area (Å²) in [4.78, 5) is 1.19. The highest BCUT2D eigenvalue weighted by atomic mass is 79.9. The molecule has 0 amide bonds. The van der Waals surface area contributed by atoms with Crippen molar-refractivity contribution in [1.82, 2.24) is 15.1 Å². The number of nitrogens with zero attached hydrogens (tertiary/aromatic N) is 2. The molecular weight excluding hydrogens is 274 g/mol. The second-order valence-corrected chi connectivity index (χ2v) is 5.13. The van der Waals surface area contributed by atoms with Gasteiger partial charge in [0.2, 0.25) is 0 Å². The largest absolute Gasteiger partial charge is 0.314 e. The molecule has 80 valence electrons. The van der Waals surface area contributed by atoms with Gasteiger partial charge in [0.25, 0.3) is 0 Å². The Bertz CT molecular complexity index is 461. The van der Waals surface area contributed by atoms with Crippen molar-refractivity contribution in [2.75, 3.05) is 7.05 Å². The van der Waals surface area contributed by atoms with Gasteiger partial charge in [0, 0.05) is 23.4 Å². The molecule has 0 bridgehead atoms. The van der Waals surface area contributed by atoms with Crippen molar-refractivity contribution >= 4 is 27.3 Å². The van der Waals surface area contributed by atoms with Crippen LogP contribution in [0.5, 0.6) is 0 Å². The normalized spacial score (nSPS) is 10.9. The standard InChI is InChI=1S/C10H12BrN3S/c1-12-5-8-4-9(13-14(8)2)10-3-7(11)6-15-10/h3-4,6,12H,5H2,1-2H3. The van der Waals surface area contributed by atoms with Crippen molar-refractivity contribution in [3.63, 3.8) is 0 Å². The molecule has 0 aromatic carbocycles. The Morgan fingerprint density at radius 1 is 1.53 bits per heavy atom. The minimum atomic E-state index is 0.843. The highest BCUT2D eigenvalue weighted by molar-refractivity contribution is 9.10. The minimum Gasteiger partial charge on any atom is -0.314 e. The van der Waals surface area contributed by atoms with E-state index in [2.05, 4.69) is 43.9 Å². The molecule has 5 heteroatoms. The van der Waals surface area contributed by atoms with Gasteiger partial charge in [-0.05, 0) is 35.1 Å². The van der Waals surface area contributed by atoms with Crippen molar-refractivity contribution in [3.05, 3.63) is 27.7 Å². The van der Waals surface area contributed by atoms with E-state index in [1.807, 2.05) is 18.8 Å². The van der Waals surface area contributed by atoms with E-state index in [-0.39, 0.29) is 0 Å². The van der Waals surface area contributed by atoms with Gasteiger partial charge < -0.3 is 5.32 Å². The monoisotopic (exact) mass is 285 g/mol. The molecule has 3 nitrogen and oxygen atoms in total. The quantitative estimate of drug-likeness (QED) is 0.940. The maximum Gasteiger partial charge on any atom is 0.103 e. The topological polar surface area (TPSA) is 29.9 Å². The van der Waals surface area contributed by atoms with Crippen LogP contribution < -0.4 is 5.32 Å². The highest BCUT2D eigenvalue weighted by Gasteiger charge is 2.08. The molecule has 0 fully saturated rings. The fourth-order valence-electron chi connectivity index (χ4n) is 1.42. The number of aryl methyl sites for hydroxylation is 1. The Labute approximate surface area is 101 Å². The predicted octanol–water partition coefficient (Wildman–Crippen LogP) is 2.63. The summed E-state index contributed by atoms with van der Waals surface area (Å²) in [6.07, 6.45) is 0. The van der Waals surface area contributed by atoms with E-state index in [1.165, 1.54) is 10.6 Å². The summed E-state index contributed by atoms with van der Waals surface area (Å²) in [6.45, 7) is 0.843.